The standard InChI is InChI=1S/C38H52N4O9/c1-5-37(40,6-2)13-16-48-19-20-50-18-15-41-33(44)28-11-9-26(23-30(28)34(41)45)32(43)27-10-12-29-31(24-27)36(47)42(35(29)46)38(7-3,8-4)25-51-22-21-49-17-14-39/h9-12,23-24H,5-8,13-22,25,39-40H2,1-4H3. The fourth-order valence-electron chi connectivity index (χ4n) is 6.37. The predicted molar refractivity (Wildman–Crippen MR) is 190 cm³/mol. The molecule has 278 valence electrons. The third-order valence-corrected chi connectivity index (χ3v) is 10.2. The zero-order valence-corrected chi connectivity index (χ0v) is 30.3. The van der Waals surface area contributed by atoms with Crippen molar-refractivity contribution in [2.24, 2.45) is 11.5 Å². The van der Waals surface area contributed by atoms with Crippen LogP contribution in [0.3, 0.4) is 0 Å². The van der Waals surface area contributed by atoms with Crippen LogP contribution in [-0.4, -0.2) is 116 Å². The third-order valence-electron chi connectivity index (χ3n) is 10.2. The number of hydrogen-bond donors (Lipinski definition) is 2. The summed E-state index contributed by atoms with van der Waals surface area (Å²) in [4.78, 5) is 69.6. The summed E-state index contributed by atoms with van der Waals surface area (Å²) in [5, 5.41) is 0. The molecule has 2 aromatic carbocycles. The number of rotatable bonds is 23. The van der Waals surface area contributed by atoms with Gasteiger partial charge < -0.3 is 30.4 Å². The van der Waals surface area contributed by atoms with E-state index in [9.17, 15) is 24.0 Å². The van der Waals surface area contributed by atoms with Crippen molar-refractivity contribution in [1.82, 2.24) is 9.80 Å². The lowest BCUT2D eigenvalue weighted by molar-refractivity contribution is -0.0158. The van der Waals surface area contributed by atoms with Crippen molar-refractivity contribution in [2.75, 3.05) is 65.9 Å². The molecule has 2 heterocycles. The van der Waals surface area contributed by atoms with Crippen LogP contribution in [0, 0.1) is 0 Å². The number of imide groups is 2. The summed E-state index contributed by atoms with van der Waals surface area (Å²) in [5.41, 5.74) is 11.6. The van der Waals surface area contributed by atoms with Crippen LogP contribution in [0.2, 0.25) is 0 Å². The van der Waals surface area contributed by atoms with Gasteiger partial charge in [-0.15, -0.1) is 0 Å². The highest BCUT2D eigenvalue weighted by Gasteiger charge is 2.47. The number of ether oxygens (including phenoxy) is 4. The number of carbonyl (C=O) groups is 5. The summed E-state index contributed by atoms with van der Waals surface area (Å²) in [7, 11) is 0. The Morgan fingerprint density at radius 3 is 1.69 bits per heavy atom. The van der Waals surface area contributed by atoms with E-state index in [1.165, 1.54) is 41.3 Å². The van der Waals surface area contributed by atoms with Crippen LogP contribution in [-0.2, 0) is 18.9 Å². The van der Waals surface area contributed by atoms with E-state index in [0.717, 1.165) is 24.2 Å². The molecule has 0 radical (unpaired) electrons. The van der Waals surface area contributed by atoms with Crippen LogP contribution in [0.25, 0.3) is 0 Å². The number of nitrogens with zero attached hydrogens (tertiary/aromatic N) is 2. The van der Waals surface area contributed by atoms with E-state index in [-0.39, 0.29) is 65.3 Å². The second kappa shape index (κ2) is 18.1. The van der Waals surface area contributed by atoms with Gasteiger partial charge >= 0.3 is 0 Å². The molecule has 0 saturated heterocycles. The minimum Gasteiger partial charge on any atom is -0.379 e. The smallest absolute Gasteiger partial charge is 0.262 e. The topological polar surface area (TPSA) is 181 Å². The molecule has 4 amide bonds. The Kier molecular flexibility index (Phi) is 14.1. The minimum absolute atomic E-state index is 0.0504. The van der Waals surface area contributed by atoms with Gasteiger partial charge in [0.05, 0.1) is 80.6 Å². The first-order valence-electron chi connectivity index (χ1n) is 17.9. The Labute approximate surface area is 299 Å². The van der Waals surface area contributed by atoms with E-state index in [4.69, 9.17) is 30.4 Å². The lowest BCUT2D eigenvalue weighted by Gasteiger charge is -2.39. The van der Waals surface area contributed by atoms with Gasteiger partial charge in [-0.05, 0) is 56.4 Å². The Balaban J connectivity index is 1.37. The van der Waals surface area contributed by atoms with Gasteiger partial charge in [-0.2, -0.15) is 0 Å². The van der Waals surface area contributed by atoms with Crippen LogP contribution in [0.4, 0.5) is 0 Å². The molecule has 2 aliphatic heterocycles. The lowest BCUT2D eigenvalue weighted by Crippen LogP contribution is -2.54. The summed E-state index contributed by atoms with van der Waals surface area (Å²) >= 11 is 0. The molecule has 13 nitrogen and oxygen atoms in total. The average molecular weight is 709 g/mol. The maximum Gasteiger partial charge on any atom is 0.262 e. The number of carbonyl (C=O) groups excluding carboxylic acids is 5. The third kappa shape index (κ3) is 8.79. The monoisotopic (exact) mass is 708 g/mol. The van der Waals surface area contributed by atoms with Crippen molar-refractivity contribution in [1.29, 1.82) is 0 Å². The number of nitrogens with two attached hydrogens (primary N) is 2. The number of hydrogen-bond acceptors (Lipinski definition) is 11. The van der Waals surface area contributed by atoms with Gasteiger partial charge in [0, 0.05) is 29.8 Å². The van der Waals surface area contributed by atoms with Gasteiger partial charge in [0.15, 0.2) is 5.78 Å². The molecule has 13 heteroatoms. The molecule has 51 heavy (non-hydrogen) atoms. The van der Waals surface area contributed by atoms with Gasteiger partial charge in [-0.25, -0.2) is 0 Å². The molecule has 0 aliphatic carbocycles. The first-order chi connectivity index (χ1) is 24.5. The fourth-order valence-corrected chi connectivity index (χ4v) is 6.37. The number of ketones is 1. The molecule has 4 N–H and O–H groups in total. The Hall–Kier alpha value is -3.85. The van der Waals surface area contributed by atoms with Crippen molar-refractivity contribution in [3.05, 3.63) is 69.8 Å². The molecule has 0 unspecified atom stereocenters. The Bertz CT molecular complexity index is 1580. The predicted octanol–water partition coefficient (Wildman–Crippen LogP) is 3.60. The number of benzene rings is 2. The van der Waals surface area contributed by atoms with E-state index >= 15 is 0 Å². The zero-order chi connectivity index (χ0) is 37.2. The van der Waals surface area contributed by atoms with E-state index < -0.39 is 35.0 Å². The van der Waals surface area contributed by atoms with Crippen molar-refractivity contribution < 1.29 is 42.9 Å². The van der Waals surface area contributed by atoms with Gasteiger partial charge in [0.2, 0.25) is 0 Å². The van der Waals surface area contributed by atoms with Gasteiger partial charge in [-0.1, -0.05) is 39.8 Å². The van der Waals surface area contributed by atoms with Crippen LogP contribution in [0.5, 0.6) is 0 Å². The quantitative estimate of drug-likeness (QED) is 0.0978. The molecule has 0 spiro atoms. The van der Waals surface area contributed by atoms with Crippen molar-refractivity contribution in [3.63, 3.8) is 0 Å². The van der Waals surface area contributed by atoms with E-state index in [2.05, 4.69) is 13.8 Å². The van der Waals surface area contributed by atoms with Crippen LogP contribution < -0.4 is 11.5 Å². The molecular weight excluding hydrogens is 656 g/mol. The summed E-state index contributed by atoms with van der Waals surface area (Å²) < 4.78 is 22.4. The first kappa shape index (κ1) is 39.9. The number of amides is 4. The van der Waals surface area contributed by atoms with Gasteiger partial charge in [0.1, 0.15) is 0 Å². The van der Waals surface area contributed by atoms with Crippen LogP contribution in [0.1, 0.15) is 117 Å². The maximum absolute atomic E-state index is 13.7. The Morgan fingerprint density at radius 2 is 1.12 bits per heavy atom. The van der Waals surface area contributed by atoms with Crippen molar-refractivity contribution in [3.8, 4) is 0 Å². The number of fused-ring (bicyclic) bond motifs is 2. The van der Waals surface area contributed by atoms with Crippen molar-refractivity contribution >= 4 is 29.4 Å². The molecule has 2 aromatic rings. The zero-order valence-electron chi connectivity index (χ0n) is 30.3. The molecule has 0 atom stereocenters. The molecule has 0 aromatic heterocycles. The molecule has 0 fully saturated rings. The normalized spacial score (nSPS) is 14.5. The molecule has 4 rings (SSSR count). The summed E-state index contributed by atoms with van der Waals surface area (Å²) in [6, 6.07) is 8.74. The SMILES string of the molecule is CCC(N)(CC)CCOCCOCCN1C(=O)c2ccc(C(=O)c3ccc4c(c3)C(=O)N(C(CC)(CC)COCCOCCN)C4=O)cc2C1=O. The molecule has 0 saturated carbocycles. The molecular formula is C38H52N4O9. The highest BCUT2D eigenvalue weighted by atomic mass is 16.5. The van der Waals surface area contributed by atoms with Gasteiger partial charge in [-0.3, -0.25) is 33.8 Å². The average Bonchev–Trinajstić information content (AvgIpc) is 3.55. The summed E-state index contributed by atoms with van der Waals surface area (Å²) in [6.45, 7) is 10.9. The Morgan fingerprint density at radius 1 is 0.627 bits per heavy atom. The maximum atomic E-state index is 13.7. The molecule has 0 bridgehead atoms. The van der Waals surface area contributed by atoms with Crippen LogP contribution in [0.15, 0.2) is 36.4 Å². The van der Waals surface area contributed by atoms with Crippen molar-refractivity contribution in [2.45, 2.75) is 70.9 Å². The van der Waals surface area contributed by atoms with E-state index in [1.807, 2.05) is 13.8 Å². The van der Waals surface area contributed by atoms with E-state index in [1.54, 1.807) is 0 Å². The largest absolute Gasteiger partial charge is 0.379 e. The first-order valence-corrected chi connectivity index (χ1v) is 17.9. The summed E-state index contributed by atoms with van der Waals surface area (Å²) in [6.07, 6.45) is 3.44. The highest BCUT2D eigenvalue weighted by molar-refractivity contribution is 6.24. The lowest BCUT2D eigenvalue weighted by atomic mass is 9.91. The summed E-state index contributed by atoms with van der Waals surface area (Å²) in [5.74, 6) is -2.38. The second-order valence-corrected chi connectivity index (χ2v) is 13.0. The minimum atomic E-state index is -0.885. The molecule has 2 aliphatic rings. The van der Waals surface area contributed by atoms with Crippen LogP contribution >= 0.6 is 0 Å². The highest BCUT2D eigenvalue weighted by Crippen LogP contribution is 2.35. The van der Waals surface area contributed by atoms with Gasteiger partial charge in [0.25, 0.3) is 23.6 Å². The second-order valence-electron chi connectivity index (χ2n) is 13.0. The fraction of sp³-hybridized carbons (Fsp3) is 0.553. The van der Waals surface area contributed by atoms with E-state index in [0.29, 0.717) is 52.4 Å².